The minimum absolute atomic E-state index is 0.00950. The first kappa shape index (κ1) is 17.2. The van der Waals surface area contributed by atoms with Crippen LogP contribution in [0.4, 0.5) is 0 Å². The number of ether oxygens (including phenoxy) is 1. The normalized spacial score (nSPS) is 10.1. The van der Waals surface area contributed by atoms with Crippen LogP contribution in [0.25, 0.3) is 0 Å². The largest absolute Gasteiger partial charge is 0.381 e. The molecule has 0 unspecified atom stereocenters. The van der Waals surface area contributed by atoms with Crippen molar-refractivity contribution in [2.75, 3.05) is 26.3 Å². The molecule has 2 amide bonds. The molecule has 116 valence electrons. The van der Waals surface area contributed by atoms with Gasteiger partial charge in [-0.1, -0.05) is 31.5 Å². The van der Waals surface area contributed by atoms with Crippen molar-refractivity contribution in [2.45, 2.75) is 26.2 Å². The number of hydrogen-bond donors (Lipinski definition) is 2. The van der Waals surface area contributed by atoms with Crippen LogP contribution in [0.5, 0.6) is 0 Å². The molecule has 0 atom stereocenters. The maximum absolute atomic E-state index is 11.7. The first-order chi connectivity index (χ1) is 10.2. The van der Waals surface area contributed by atoms with Gasteiger partial charge in [-0.25, -0.2) is 0 Å². The molecule has 0 radical (unpaired) electrons. The van der Waals surface area contributed by atoms with E-state index in [1.54, 1.807) is 24.3 Å². The van der Waals surface area contributed by atoms with Gasteiger partial charge in [0, 0.05) is 25.3 Å². The first-order valence-electron chi connectivity index (χ1n) is 7.41. The van der Waals surface area contributed by atoms with Crippen LogP contribution in [0.3, 0.4) is 0 Å². The SMILES string of the molecule is CCCCOCCCNC(=O)CNC(=O)c1ccccc1. The molecule has 2 N–H and O–H groups in total. The van der Waals surface area contributed by atoms with Crippen molar-refractivity contribution in [1.29, 1.82) is 0 Å². The minimum atomic E-state index is -0.242. The summed E-state index contributed by atoms with van der Waals surface area (Å²) in [6.07, 6.45) is 2.97. The van der Waals surface area contributed by atoms with Gasteiger partial charge in [0.05, 0.1) is 6.54 Å². The van der Waals surface area contributed by atoms with Gasteiger partial charge in [0.2, 0.25) is 5.91 Å². The second-order valence-corrected chi connectivity index (χ2v) is 4.72. The summed E-state index contributed by atoms with van der Waals surface area (Å²) in [5, 5.41) is 5.33. The van der Waals surface area contributed by atoms with Crippen molar-refractivity contribution < 1.29 is 14.3 Å². The van der Waals surface area contributed by atoms with E-state index in [-0.39, 0.29) is 18.4 Å². The zero-order valence-electron chi connectivity index (χ0n) is 12.6. The van der Waals surface area contributed by atoms with Crippen molar-refractivity contribution >= 4 is 11.8 Å². The zero-order chi connectivity index (χ0) is 15.3. The van der Waals surface area contributed by atoms with Gasteiger partial charge >= 0.3 is 0 Å². The van der Waals surface area contributed by atoms with Crippen LogP contribution in [-0.4, -0.2) is 38.1 Å². The van der Waals surface area contributed by atoms with Crippen LogP contribution >= 0.6 is 0 Å². The molecule has 1 aromatic carbocycles. The number of hydrogen-bond acceptors (Lipinski definition) is 3. The molecule has 0 heterocycles. The fourth-order valence-electron chi connectivity index (χ4n) is 1.67. The van der Waals surface area contributed by atoms with Crippen molar-refractivity contribution in [2.24, 2.45) is 0 Å². The predicted octanol–water partition coefficient (Wildman–Crippen LogP) is 1.74. The molecule has 21 heavy (non-hydrogen) atoms. The van der Waals surface area contributed by atoms with Crippen LogP contribution < -0.4 is 10.6 Å². The Morgan fingerprint density at radius 2 is 1.76 bits per heavy atom. The highest BCUT2D eigenvalue weighted by atomic mass is 16.5. The standard InChI is InChI=1S/C16H24N2O3/c1-2-3-11-21-12-7-10-17-15(19)13-18-16(20)14-8-5-4-6-9-14/h4-6,8-9H,2-3,7,10-13H2,1H3,(H,17,19)(H,18,20). The average Bonchev–Trinajstić information content (AvgIpc) is 2.52. The van der Waals surface area contributed by atoms with E-state index in [9.17, 15) is 9.59 Å². The summed E-state index contributed by atoms with van der Waals surface area (Å²) < 4.78 is 5.39. The highest BCUT2D eigenvalue weighted by Gasteiger charge is 2.06. The Hall–Kier alpha value is -1.88. The Labute approximate surface area is 126 Å². The highest BCUT2D eigenvalue weighted by molar-refractivity contribution is 5.96. The topological polar surface area (TPSA) is 67.4 Å². The lowest BCUT2D eigenvalue weighted by Crippen LogP contribution is -2.37. The van der Waals surface area contributed by atoms with Crippen LogP contribution in [0.1, 0.15) is 36.5 Å². The summed E-state index contributed by atoms with van der Waals surface area (Å²) in [6, 6.07) is 8.83. The third-order valence-corrected chi connectivity index (χ3v) is 2.88. The lowest BCUT2D eigenvalue weighted by Gasteiger charge is -2.07. The summed E-state index contributed by atoms with van der Waals surface area (Å²) in [4.78, 5) is 23.3. The Morgan fingerprint density at radius 3 is 2.48 bits per heavy atom. The van der Waals surface area contributed by atoms with Gasteiger partial charge in [0.15, 0.2) is 0 Å². The number of unbranched alkanes of at least 4 members (excludes halogenated alkanes) is 1. The van der Waals surface area contributed by atoms with Gasteiger partial charge < -0.3 is 15.4 Å². The molecule has 0 aliphatic heterocycles. The Bertz CT molecular complexity index is 421. The Kier molecular flexibility index (Phi) is 8.88. The average molecular weight is 292 g/mol. The second kappa shape index (κ2) is 10.9. The quantitative estimate of drug-likeness (QED) is 0.645. The second-order valence-electron chi connectivity index (χ2n) is 4.72. The summed E-state index contributed by atoms with van der Waals surface area (Å²) in [5.74, 6) is -0.429. The van der Waals surface area contributed by atoms with Crippen molar-refractivity contribution in [3.05, 3.63) is 35.9 Å². The third kappa shape index (κ3) is 8.09. The number of carbonyl (C=O) groups excluding carboxylic acids is 2. The summed E-state index contributed by atoms with van der Waals surface area (Å²) in [6.45, 7) is 4.10. The van der Waals surface area contributed by atoms with Gasteiger partial charge in [-0.15, -0.1) is 0 Å². The first-order valence-corrected chi connectivity index (χ1v) is 7.41. The molecule has 0 saturated heterocycles. The smallest absolute Gasteiger partial charge is 0.251 e. The molecule has 0 fully saturated rings. The van der Waals surface area contributed by atoms with Crippen molar-refractivity contribution in [1.82, 2.24) is 10.6 Å². The number of nitrogens with one attached hydrogen (secondary N) is 2. The molecule has 1 rings (SSSR count). The number of carbonyl (C=O) groups is 2. The van der Waals surface area contributed by atoms with Crippen LogP contribution in [0.2, 0.25) is 0 Å². The molecule has 0 bridgehead atoms. The van der Waals surface area contributed by atoms with Gasteiger partial charge in [-0.3, -0.25) is 9.59 Å². The molecule has 1 aromatic rings. The molecule has 5 nitrogen and oxygen atoms in total. The number of rotatable bonds is 10. The van der Waals surface area contributed by atoms with Crippen molar-refractivity contribution in [3.63, 3.8) is 0 Å². The maximum atomic E-state index is 11.7. The van der Waals surface area contributed by atoms with Gasteiger partial charge in [-0.05, 0) is 25.0 Å². The fraction of sp³-hybridized carbons (Fsp3) is 0.500. The lowest BCUT2D eigenvalue weighted by atomic mass is 10.2. The summed E-state index contributed by atoms with van der Waals surface area (Å²) in [7, 11) is 0. The third-order valence-electron chi connectivity index (χ3n) is 2.88. The zero-order valence-corrected chi connectivity index (χ0v) is 12.6. The molecule has 5 heteroatoms. The minimum Gasteiger partial charge on any atom is -0.381 e. The van der Waals surface area contributed by atoms with E-state index in [0.717, 1.165) is 25.9 Å². The van der Waals surface area contributed by atoms with Crippen LogP contribution in [0, 0.1) is 0 Å². The lowest BCUT2D eigenvalue weighted by molar-refractivity contribution is -0.120. The Balaban J connectivity index is 2.05. The van der Waals surface area contributed by atoms with Gasteiger partial charge in [0.25, 0.3) is 5.91 Å². The van der Waals surface area contributed by atoms with Crippen LogP contribution in [0.15, 0.2) is 30.3 Å². The van der Waals surface area contributed by atoms with Gasteiger partial charge in [-0.2, -0.15) is 0 Å². The van der Waals surface area contributed by atoms with E-state index in [0.29, 0.717) is 18.7 Å². The molecule has 0 aromatic heterocycles. The van der Waals surface area contributed by atoms with Crippen LogP contribution in [-0.2, 0) is 9.53 Å². The Morgan fingerprint density at radius 1 is 1.05 bits per heavy atom. The van der Waals surface area contributed by atoms with E-state index < -0.39 is 0 Å². The molecule has 0 aliphatic carbocycles. The molecule has 0 aliphatic rings. The number of amides is 2. The van der Waals surface area contributed by atoms with Crippen molar-refractivity contribution in [3.8, 4) is 0 Å². The van der Waals surface area contributed by atoms with E-state index in [1.165, 1.54) is 0 Å². The van der Waals surface area contributed by atoms with E-state index >= 15 is 0 Å². The van der Waals surface area contributed by atoms with E-state index in [4.69, 9.17) is 4.74 Å². The highest BCUT2D eigenvalue weighted by Crippen LogP contribution is 1.97. The number of benzene rings is 1. The molecule has 0 spiro atoms. The fourth-order valence-corrected chi connectivity index (χ4v) is 1.67. The summed E-state index contributed by atoms with van der Waals surface area (Å²) >= 11 is 0. The molecular formula is C16H24N2O3. The summed E-state index contributed by atoms with van der Waals surface area (Å²) in [5.41, 5.74) is 0.551. The van der Waals surface area contributed by atoms with E-state index in [1.807, 2.05) is 6.07 Å². The van der Waals surface area contributed by atoms with E-state index in [2.05, 4.69) is 17.6 Å². The predicted molar refractivity (Wildman–Crippen MR) is 82.1 cm³/mol. The van der Waals surface area contributed by atoms with Gasteiger partial charge in [0.1, 0.15) is 0 Å². The maximum Gasteiger partial charge on any atom is 0.251 e. The molecular weight excluding hydrogens is 268 g/mol. The monoisotopic (exact) mass is 292 g/mol. The molecule has 0 saturated carbocycles.